The molecule has 1 saturated heterocycles. The molecule has 2 rings (SSSR count). The van der Waals surface area contributed by atoms with E-state index in [0.29, 0.717) is 5.92 Å². The summed E-state index contributed by atoms with van der Waals surface area (Å²) in [5.74, 6) is 3.06. The maximum atomic E-state index is 5.35. The number of piperidine rings is 1. The van der Waals surface area contributed by atoms with Crippen LogP contribution >= 0.6 is 0 Å². The fourth-order valence-electron chi connectivity index (χ4n) is 2.78. The zero-order valence-corrected chi connectivity index (χ0v) is 13.1. The standard InChI is InChI=1S/C15H28N4O/c1-12(2)10-14-17-15(20-18-14)11-19-8-5-13(6-9-19)4-7-16-3/h12-13,16H,4-11H2,1-3H3. The lowest BCUT2D eigenvalue weighted by Gasteiger charge is -2.30. The van der Waals surface area contributed by atoms with Gasteiger partial charge in [0.15, 0.2) is 5.82 Å². The summed E-state index contributed by atoms with van der Waals surface area (Å²) in [7, 11) is 2.03. The molecule has 1 N–H and O–H groups in total. The molecule has 114 valence electrons. The van der Waals surface area contributed by atoms with Gasteiger partial charge in [-0.15, -0.1) is 0 Å². The van der Waals surface area contributed by atoms with E-state index < -0.39 is 0 Å². The van der Waals surface area contributed by atoms with E-state index in [-0.39, 0.29) is 0 Å². The highest BCUT2D eigenvalue weighted by Crippen LogP contribution is 2.21. The van der Waals surface area contributed by atoms with E-state index in [1.165, 1.54) is 19.3 Å². The van der Waals surface area contributed by atoms with Crippen molar-refractivity contribution in [2.24, 2.45) is 11.8 Å². The molecule has 0 amide bonds. The Morgan fingerprint density at radius 3 is 2.75 bits per heavy atom. The quantitative estimate of drug-likeness (QED) is 0.829. The molecule has 20 heavy (non-hydrogen) atoms. The summed E-state index contributed by atoms with van der Waals surface area (Å²) < 4.78 is 5.35. The largest absolute Gasteiger partial charge is 0.338 e. The number of rotatable bonds is 7. The third-order valence-corrected chi connectivity index (χ3v) is 3.97. The Labute approximate surface area is 122 Å². The molecule has 0 radical (unpaired) electrons. The Balaban J connectivity index is 1.73. The van der Waals surface area contributed by atoms with Gasteiger partial charge in [0, 0.05) is 6.42 Å². The van der Waals surface area contributed by atoms with E-state index >= 15 is 0 Å². The lowest BCUT2D eigenvalue weighted by atomic mass is 9.93. The lowest BCUT2D eigenvalue weighted by molar-refractivity contribution is 0.155. The average Bonchev–Trinajstić information content (AvgIpc) is 2.84. The van der Waals surface area contributed by atoms with E-state index in [1.807, 2.05) is 7.05 Å². The van der Waals surface area contributed by atoms with Gasteiger partial charge in [0.1, 0.15) is 0 Å². The van der Waals surface area contributed by atoms with E-state index in [9.17, 15) is 0 Å². The van der Waals surface area contributed by atoms with Crippen molar-refractivity contribution in [1.82, 2.24) is 20.4 Å². The topological polar surface area (TPSA) is 54.2 Å². The van der Waals surface area contributed by atoms with Gasteiger partial charge < -0.3 is 9.84 Å². The molecule has 5 nitrogen and oxygen atoms in total. The Hall–Kier alpha value is -0.940. The van der Waals surface area contributed by atoms with Crippen LogP contribution in [0.1, 0.15) is 44.8 Å². The zero-order chi connectivity index (χ0) is 14.4. The molecular weight excluding hydrogens is 252 g/mol. The number of hydrogen-bond donors (Lipinski definition) is 1. The highest BCUT2D eigenvalue weighted by atomic mass is 16.5. The van der Waals surface area contributed by atoms with Crippen molar-refractivity contribution < 1.29 is 4.52 Å². The van der Waals surface area contributed by atoms with Crippen molar-refractivity contribution >= 4 is 0 Å². The summed E-state index contributed by atoms with van der Waals surface area (Å²) in [6, 6.07) is 0. The molecule has 0 aliphatic carbocycles. The Morgan fingerprint density at radius 2 is 2.10 bits per heavy atom. The second-order valence-corrected chi connectivity index (χ2v) is 6.31. The molecule has 1 aliphatic rings. The van der Waals surface area contributed by atoms with Crippen LogP contribution in [0.2, 0.25) is 0 Å². The van der Waals surface area contributed by atoms with Gasteiger partial charge in [-0.05, 0) is 57.8 Å². The SMILES string of the molecule is CNCCC1CCN(Cc2nc(CC(C)C)no2)CC1. The summed E-state index contributed by atoms with van der Waals surface area (Å²) in [6.45, 7) is 8.58. The Morgan fingerprint density at radius 1 is 1.35 bits per heavy atom. The summed E-state index contributed by atoms with van der Waals surface area (Å²) in [6.07, 6.45) is 4.77. The summed E-state index contributed by atoms with van der Waals surface area (Å²) >= 11 is 0. The van der Waals surface area contributed by atoms with Gasteiger partial charge in [0.05, 0.1) is 6.54 Å². The van der Waals surface area contributed by atoms with Crippen LogP contribution in [-0.4, -0.2) is 41.7 Å². The highest BCUT2D eigenvalue weighted by molar-refractivity contribution is 4.88. The van der Waals surface area contributed by atoms with Crippen molar-refractivity contribution in [3.05, 3.63) is 11.7 Å². The van der Waals surface area contributed by atoms with E-state index in [1.54, 1.807) is 0 Å². The van der Waals surface area contributed by atoms with Crippen LogP contribution in [0.3, 0.4) is 0 Å². The predicted molar refractivity (Wildman–Crippen MR) is 79.4 cm³/mol. The first kappa shape index (κ1) is 15.4. The normalized spacial score (nSPS) is 18.0. The Kier molecular flexibility index (Phi) is 5.98. The van der Waals surface area contributed by atoms with Gasteiger partial charge in [-0.25, -0.2) is 0 Å². The molecule has 0 saturated carbocycles. The van der Waals surface area contributed by atoms with Gasteiger partial charge in [0.2, 0.25) is 5.89 Å². The van der Waals surface area contributed by atoms with Crippen LogP contribution in [-0.2, 0) is 13.0 Å². The molecule has 1 aromatic rings. The number of nitrogens with zero attached hydrogens (tertiary/aromatic N) is 3. The number of hydrogen-bond acceptors (Lipinski definition) is 5. The van der Waals surface area contributed by atoms with Gasteiger partial charge >= 0.3 is 0 Å². The van der Waals surface area contributed by atoms with Crippen molar-refractivity contribution in [1.29, 1.82) is 0 Å². The maximum absolute atomic E-state index is 5.35. The minimum atomic E-state index is 0.573. The van der Waals surface area contributed by atoms with E-state index in [0.717, 1.165) is 50.2 Å². The van der Waals surface area contributed by atoms with Crippen molar-refractivity contribution in [2.75, 3.05) is 26.7 Å². The molecule has 5 heteroatoms. The maximum Gasteiger partial charge on any atom is 0.240 e. The molecule has 1 fully saturated rings. The smallest absolute Gasteiger partial charge is 0.240 e. The highest BCUT2D eigenvalue weighted by Gasteiger charge is 2.20. The van der Waals surface area contributed by atoms with Crippen LogP contribution < -0.4 is 5.32 Å². The van der Waals surface area contributed by atoms with E-state index in [2.05, 4.69) is 34.2 Å². The van der Waals surface area contributed by atoms with Crippen molar-refractivity contribution in [3.8, 4) is 0 Å². The zero-order valence-electron chi connectivity index (χ0n) is 13.1. The first-order chi connectivity index (χ1) is 9.67. The van der Waals surface area contributed by atoms with Gasteiger partial charge in [-0.2, -0.15) is 4.98 Å². The molecule has 0 atom stereocenters. The number of likely N-dealkylation sites (tertiary alicyclic amines) is 1. The molecule has 1 aliphatic heterocycles. The number of aromatic nitrogens is 2. The predicted octanol–water partition coefficient (Wildman–Crippen LogP) is 2.09. The number of nitrogens with one attached hydrogen (secondary N) is 1. The molecule has 2 heterocycles. The molecule has 1 aromatic heterocycles. The minimum absolute atomic E-state index is 0.573. The fraction of sp³-hybridized carbons (Fsp3) is 0.867. The van der Waals surface area contributed by atoms with Crippen LogP contribution in [0, 0.1) is 11.8 Å². The molecule has 0 aromatic carbocycles. The lowest BCUT2D eigenvalue weighted by Crippen LogP contribution is -2.34. The molecule has 0 unspecified atom stereocenters. The summed E-state index contributed by atoms with van der Waals surface area (Å²) in [5.41, 5.74) is 0. The average molecular weight is 280 g/mol. The van der Waals surface area contributed by atoms with Gasteiger partial charge in [-0.1, -0.05) is 19.0 Å². The van der Waals surface area contributed by atoms with Gasteiger partial charge in [0.25, 0.3) is 0 Å². The fourth-order valence-corrected chi connectivity index (χ4v) is 2.78. The Bertz CT molecular complexity index is 383. The molecule has 0 bridgehead atoms. The monoisotopic (exact) mass is 280 g/mol. The molecule has 0 spiro atoms. The van der Waals surface area contributed by atoms with Crippen molar-refractivity contribution in [2.45, 2.75) is 46.1 Å². The third kappa shape index (κ3) is 4.87. The first-order valence-corrected chi connectivity index (χ1v) is 7.85. The van der Waals surface area contributed by atoms with Crippen LogP contribution in [0.4, 0.5) is 0 Å². The van der Waals surface area contributed by atoms with Crippen LogP contribution in [0.25, 0.3) is 0 Å². The minimum Gasteiger partial charge on any atom is -0.338 e. The van der Waals surface area contributed by atoms with E-state index in [4.69, 9.17) is 4.52 Å². The second-order valence-electron chi connectivity index (χ2n) is 6.31. The molecular formula is C15H28N4O. The van der Waals surface area contributed by atoms with Crippen LogP contribution in [0.15, 0.2) is 4.52 Å². The second kappa shape index (κ2) is 7.74. The first-order valence-electron chi connectivity index (χ1n) is 7.85. The van der Waals surface area contributed by atoms with Crippen molar-refractivity contribution in [3.63, 3.8) is 0 Å². The summed E-state index contributed by atoms with van der Waals surface area (Å²) in [5, 5.41) is 7.29. The summed E-state index contributed by atoms with van der Waals surface area (Å²) in [4.78, 5) is 6.92. The van der Waals surface area contributed by atoms with Crippen LogP contribution in [0.5, 0.6) is 0 Å². The van der Waals surface area contributed by atoms with Gasteiger partial charge in [-0.3, -0.25) is 4.90 Å². The third-order valence-electron chi connectivity index (χ3n) is 3.97.